The van der Waals surface area contributed by atoms with E-state index in [0.29, 0.717) is 17.4 Å². The topological polar surface area (TPSA) is 35.2 Å². The molecule has 0 saturated carbocycles. The maximum atomic E-state index is 6.16. The van der Waals surface area contributed by atoms with Crippen molar-refractivity contribution >= 4 is 38.9 Å². The molecular weight excluding hydrogens is 334 g/mol. The average Bonchev–Trinajstić information content (AvgIpc) is 2.73. The van der Waals surface area contributed by atoms with E-state index in [1.807, 2.05) is 36.6 Å². The molecule has 18 heavy (non-hydrogen) atoms. The van der Waals surface area contributed by atoms with Gasteiger partial charge in [0.1, 0.15) is 12.4 Å². The molecule has 2 nitrogen and oxygen atoms in total. The fraction of sp³-hybridized carbons (Fsp3) is 0.231. The Bertz CT molecular complexity index is 542. The molecule has 0 aliphatic rings. The van der Waals surface area contributed by atoms with E-state index in [4.69, 9.17) is 22.1 Å². The number of rotatable bonds is 4. The normalized spacial score (nSPS) is 12.4. The molecule has 5 heteroatoms. The Balaban J connectivity index is 2.05. The monoisotopic (exact) mass is 345 g/mol. The maximum Gasteiger partial charge on any atom is 0.138 e. The van der Waals surface area contributed by atoms with Crippen LogP contribution in [0.15, 0.2) is 34.1 Å². The third-order valence-electron chi connectivity index (χ3n) is 2.47. The summed E-state index contributed by atoms with van der Waals surface area (Å²) in [4.78, 5) is 1.15. The van der Waals surface area contributed by atoms with Crippen molar-refractivity contribution < 1.29 is 4.74 Å². The molecule has 2 rings (SSSR count). The van der Waals surface area contributed by atoms with Crippen molar-refractivity contribution in [2.75, 3.05) is 0 Å². The summed E-state index contributed by atoms with van der Waals surface area (Å²) in [6, 6.07) is 7.67. The molecule has 0 bridgehead atoms. The summed E-state index contributed by atoms with van der Waals surface area (Å²) in [5.41, 5.74) is 6.80. The van der Waals surface area contributed by atoms with Crippen LogP contribution < -0.4 is 10.5 Å². The van der Waals surface area contributed by atoms with Gasteiger partial charge in [-0.15, -0.1) is 11.3 Å². The number of hydrogen-bond acceptors (Lipinski definition) is 3. The zero-order valence-corrected chi connectivity index (χ0v) is 13.0. The highest BCUT2D eigenvalue weighted by molar-refractivity contribution is 9.10. The molecule has 0 aliphatic heterocycles. The second kappa shape index (κ2) is 6.06. The van der Waals surface area contributed by atoms with Gasteiger partial charge in [-0.3, -0.25) is 0 Å². The minimum absolute atomic E-state index is 0.0233. The summed E-state index contributed by atoms with van der Waals surface area (Å²) in [7, 11) is 0. The van der Waals surface area contributed by atoms with Crippen molar-refractivity contribution in [1.82, 2.24) is 0 Å². The van der Waals surface area contributed by atoms with Crippen molar-refractivity contribution in [2.24, 2.45) is 5.73 Å². The van der Waals surface area contributed by atoms with Crippen molar-refractivity contribution in [1.29, 1.82) is 0 Å². The number of ether oxygens (including phenoxy) is 1. The summed E-state index contributed by atoms with van der Waals surface area (Å²) in [6.07, 6.45) is 0. The minimum atomic E-state index is -0.0233. The number of thiophene rings is 1. The first-order chi connectivity index (χ1) is 8.56. The van der Waals surface area contributed by atoms with E-state index in [1.165, 1.54) is 0 Å². The number of nitrogens with two attached hydrogens (primary N) is 1. The van der Waals surface area contributed by atoms with E-state index in [0.717, 1.165) is 14.9 Å². The second-order valence-corrected chi connectivity index (χ2v) is 6.32. The lowest BCUT2D eigenvalue weighted by atomic mass is 10.1. The van der Waals surface area contributed by atoms with Crippen molar-refractivity contribution in [3.8, 4) is 5.75 Å². The van der Waals surface area contributed by atoms with Crippen molar-refractivity contribution in [3.63, 3.8) is 0 Å². The Kier molecular flexibility index (Phi) is 4.67. The van der Waals surface area contributed by atoms with E-state index in [-0.39, 0.29) is 6.04 Å². The van der Waals surface area contributed by atoms with Gasteiger partial charge in [-0.05, 0) is 46.6 Å². The standard InChI is InChI=1S/C13H13BrClNOS/c1-8(16)9-2-3-13(12(15)4-9)17-6-11-5-10(14)7-18-11/h2-5,7-8H,6,16H2,1H3/t8-/m1/s1. The summed E-state index contributed by atoms with van der Waals surface area (Å²) in [6.45, 7) is 2.45. The van der Waals surface area contributed by atoms with Gasteiger partial charge in [-0.1, -0.05) is 17.7 Å². The van der Waals surface area contributed by atoms with Crippen LogP contribution in [0, 0.1) is 0 Å². The Hall–Kier alpha value is -0.550. The molecule has 0 radical (unpaired) electrons. The molecular formula is C13H13BrClNOS. The third kappa shape index (κ3) is 3.48. The lowest BCUT2D eigenvalue weighted by Gasteiger charge is -2.10. The maximum absolute atomic E-state index is 6.16. The Morgan fingerprint density at radius 1 is 1.44 bits per heavy atom. The summed E-state index contributed by atoms with van der Waals surface area (Å²) in [5.74, 6) is 0.686. The first-order valence-corrected chi connectivity index (χ1v) is 7.52. The van der Waals surface area contributed by atoms with E-state index in [2.05, 4.69) is 15.9 Å². The van der Waals surface area contributed by atoms with Crippen LogP contribution in [0.4, 0.5) is 0 Å². The molecule has 0 saturated heterocycles. The van der Waals surface area contributed by atoms with Gasteiger partial charge >= 0.3 is 0 Å². The fourth-order valence-electron chi connectivity index (χ4n) is 1.50. The van der Waals surface area contributed by atoms with Gasteiger partial charge in [-0.2, -0.15) is 0 Å². The number of halogens is 2. The molecule has 0 spiro atoms. The van der Waals surface area contributed by atoms with Gasteiger partial charge in [0.2, 0.25) is 0 Å². The first kappa shape index (κ1) is 13.9. The zero-order valence-electron chi connectivity index (χ0n) is 9.82. The SMILES string of the molecule is C[C@@H](N)c1ccc(OCc2cc(Br)cs2)c(Cl)c1. The van der Waals surface area contributed by atoms with E-state index in [1.54, 1.807) is 11.3 Å². The highest BCUT2D eigenvalue weighted by atomic mass is 79.9. The highest BCUT2D eigenvalue weighted by Gasteiger charge is 2.06. The lowest BCUT2D eigenvalue weighted by molar-refractivity contribution is 0.310. The van der Waals surface area contributed by atoms with E-state index in [9.17, 15) is 0 Å². The minimum Gasteiger partial charge on any atom is -0.487 e. The molecule has 0 aliphatic carbocycles. The molecule has 0 unspecified atom stereocenters. The van der Waals surface area contributed by atoms with Crippen LogP contribution in [0.1, 0.15) is 23.4 Å². The average molecular weight is 347 g/mol. The van der Waals surface area contributed by atoms with Crippen LogP contribution in [0.2, 0.25) is 5.02 Å². The van der Waals surface area contributed by atoms with Crippen molar-refractivity contribution in [2.45, 2.75) is 19.6 Å². The van der Waals surface area contributed by atoms with Crippen LogP contribution in [-0.2, 0) is 6.61 Å². The van der Waals surface area contributed by atoms with Gasteiger partial charge in [-0.25, -0.2) is 0 Å². The number of hydrogen-bond donors (Lipinski definition) is 1. The lowest BCUT2D eigenvalue weighted by Crippen LogP contribution is -2.05. The third-order valence-corrected chi connectivity index (χ3v) is 4.44. The molecule has 2 N–H and O–H groups in total. The van der Waals surface area contributed by atoms with Crippen LogP contribution >= 0.6 is 38.9 Å². The predicted octanol–water partition coefficient (Wildman–Crippen LogP) is 4.76. The summed E-state index contributed by atoms with van der Waals surface area (Å²) in [5, 5.41) is 2.62. The van der Waals surface area contributed by atoms with Gasteiger partial charge in [0.15, 0.2) is 0 Å². The first-order valence-electron chi connectivity index (χ1n) is 5.47. The van der Waals surface area contributed by atoms with Crippen LogP contribution in [0.25, 0.3) is 0 Å². The molecule has 0 amide bonds. The molecule has 2 aromatic rings. The largest absolute Gasteiger partial charge is 0.487 e. The molecule has 0 fully saturated rings. The van der Waals surface area contributed by atoms with Crippen LogP contribution in [0.3, 0.4) is 0 Å². The number of benzene rings is 1. The quantitative estimate of drug-likeness (QED) is 0.866. The van der Waals surface area contributed by atoms with E-state index >= 15 is 0 Å². The van der Waals surface area contributed by atoms with Gasteiger partial charge in [0.05, 0.1) is 5.02 Å². The van der Waals surface area contributed by atoms with Gasteiger partial charge in [0.25, 0.3) is 0 Å². The molecule has 96 valence electrons. The molecule has 1 atom stereocenters. The van der Waals surface area contributed by atoms with Gasteiger partial charge in [0, 0.05) is 20.8 Å². The summed E-state index contributed by atoms with van der Waals surface area (Å²) >= 11 is 11.2. The Morgan fingerprint density at radius 2 is 2.22 bits per heavy atom. The molecule has 1 aromatic heterocycles. The van der Waals surface area contributed by atoms with Crippen LogP contribution in [-0.4, -0.2) is 0 Å². The highest BCUT2D eigenvalue weighted by Crippen LogP contribution is 2.29. The van der Waals surface area contributed by atoms with Crippen molar-refractivity contribution in [3.05, 3.63) is 49.6 Å². The predicted molar refractivity (Wildman–Crippen MR) is 80.4 cm³/mol. The van der Waals surface area contributed by atoms with E-state index < -0.39 is 0 Å². The summed E-state index contributed by atoms with van der Waals surface area (Å²) < 4.78 is 6.76. The van der Waals surface area contributed by atoms with Gasteiger partial charge < -0.3 is 10.5 Å². The molecule has 1 aromatic carbocycles. The Labute approximate surface area is 124 Å². The van der Waals surface area contributed by atoms with Crippen LogP contribution in [0.5, 0.6) is 5.75 Å². The zero-order chi connectivity index (χ0) is 13.1. The fourth-order valence-corrected chi connectivity index (χ4v) is 3.10. The smallest absolute Gasteiger partial charge is 0.138 e. The molecule has 1 heterocycles. The Morgan fingerprint density at radius 3 is 2.78 bits per heavy atom. The second-order valence-electron chi connectivity index (χ2n) is 4.00.